The summed E-state index contributed by atoms with van der Waals surface area (Å²) in [5.74, 6) is 0.726. The lowest BCUT2D eigenvalue weighted by atomic mass is 10.1. The molecule has 1 amide bonds. The van der Waals surface area contributed by atoms with E-state index in [0.717, 1.165) is 23.4 Å². The SMILES string of the molecule is CCCCCCCOc1cccc(NC(=O)c2cc(C)c(C)nc2N)c1. The van der Waals surface area contributed by atoms with Crippen LogP contribution in [0.15, 0.2) is 30.3 Å². The van der Waals surface area contributed by atoms with Crippen molar-refractivity contribution in [3.8, 4) is 5.75 Å². The molecule has 0 bridgehead atoms. The summed E-state index contributed by atoms with van der Waals surface area (Å²) in [7, 11) is 0. The van der Waals surface area contributed by atoms with Gasteiger partial charge in [0.25, 0.3) is 5.91 Å². The summed E-state index contributed by atoms with van der Waals surface area (Å²) in [6, 6.07) is 9.19. The second kappa shape index (κ2) is 9.80. The molecule has 2 rings (SSSR count). The van der Waals surface area contributed by atoms with Crippen LogP contribution >= 0.6 is 0 Å². The summed E-state index contributed by atoms with van der Waals surface area (Å²) < 4.78 is 5.78. The number of nitrogens with zero attached hydrogens (tertiary/aromatic N) is 1. The number of carbonyl (C=O) groups excluding carboxylic acids is 1. The van der Waals surface area contributed by atoms with Crippen LogP contribution in [0.1, 0.15) is 60.6 Å². The lowest BCUT2D eigenvalue weighted by Gasteiger charge is -2.11. The fourth-order valence-electron chi connectivity index (χ4n) is 2.66. The molecule has 0 fully saturated rings. The normalized spacial score (nSPS) is 10.6. The van der Waals surface area contributed by atoms with Crippen molar-refractivity contribution >= 4 is 17.4 Å². The maximum Gasteiger partial charge on any atom is 0.259 e. The maximum absolute atomic E-state index is 12.5. The molecule has 0 aliphatic heterocycles. The number of nitrogens with two attached hydrogens (primary N) is 1. The predicted molar refractivity (Wildman–Crippen MR) is 107 cm³/mol. The first kappa shape index (κ1) is 19.8. The van der Waals surface area contributed by atoms with Crippen molar-refractivity contribution in [1.29, 1.82) is 0 Å². The molecule has 0 atom stereocenters. The highest BCUT2D eigenvalue weighted by Gasteiger charge is 2.13. The smallest absolute Gasteiger partial charge is 0.259 e. The van der Waals surface area contributed by atoms with E-state index in [0.29, 0.717) is 17.9 Å². The Bertz CT molecular complexity index is 744. The summed E-state index contributed by atoms with van der Waals surface area (Å²) in [6.45, 7) is 6.68. The molecule has 0 spiro atoms. The molecule has 1 aromatic carbocycles. The van der Waals surface area contributed by atoms with Crippen molar-refractivity contribution < 1.29 is 9.53 Å². The Balaban J connectivity index is 1.93. The molecule has 0 saturated heterocycles. The van der Waals surface area contributed by atoms with Gasteiger partial charge in [-0.15, -0.1) is 0 Å². The number of aryl methyl sites for hydroxylation is 2. The number of nitrogen functional groups attached to an aromatic ring is 1. The van der Waals surface area contributed by atoms with Crippen molar-refractivity contribution in [1.82, 2.24) is 4.98 Å². The molecule has 0 radical (unpaired) electrons. The van der Waals surface area contributed by atoms with Crippen molar-refractivity contribution in [3.63, 3.8) is 0 Å². The number of ether oxygens (including phenoxy) is 1. The molecule has 2 aromatic rings. The van der Waals surface area contributed by atoms with Gasteiger partial charge in [-0.05, 0) is 44.0 Å². The van der Waals surface area contributed by atoms with E-state index in [2.05, 4.69) is 17.2 Å². The van der Waals surface area contributed by atoms with Gasteiger partial charge in [-0.3, -0.25) is 4.79 Å². The number of amides is 1. The number of carbonyl (C=O) groups is 1. The Morgan fingerprint density at radius 1 is 1.15 bits per heavy atom. The first-order chi connectivity index (χ1) is 12.5. The molecule has 5 heteroatoms. The number of hydrogen-bond acceptors (Lipinski definition) is 4. The average Bonchev–Trinajstić information content (AvgIpc) is 2.61. The van der Waals surface area contributed by atoms with Crippen LogP contribution in [0.4, 0.5) is 11.5 Å². The van der Waals surface area contributed by atoms with E-state index in [1.54, 1.807) is 6.07 Å². The maximum atomic E-state index is 12.5. The third-order valence-corrected chi connectivity index (χ3v) is 4.35. The van der Waals surface area contributed by atoms with Crippen LogP contribution in [0.3, 0.4) is 0 Å². The Morgan fingerprint density at radius 2 is 1.92 bits per heavy atom. The summed E-state index contributed by atoms with van der Waals surface area (Å²) >= 11 is 0. The Labute approximate surface area is 156 Å². The largest absolute Gasteiger partial charge is 0.494 e. The van der Waals surface area contributed by atoms with Gasteiger partial charge in [-0.25, -0.2) is 4.98 Å². The fraction of sp³-hybridized carbons (Fsp3) is 0.429. The average molecular weight is 355 g/mol. The minimum absolute atomic E-state index is 0.241. The first-order valence-corrected chi connectivity index (χ1v) is 9.29. The van der Waals surface area contributed by atoms with E-state index in [1.165, 1.54) is 25.7 Å². The summed E-state index contributed by atoms with van der Waals surface area (Å²) in [5.41, 5.74) is 8.72. The Kier molecular flexibility index (Phi) is 7.45. The highest BCUT2D eigenvalue weighted by atomic mass is 16.5. The number of unbranched alkanes of at least 4 members (excludes halogenated alkanes) is 4. The molecule has 1 aromatic heterocycles. The molecule has 26 heavy (non-hydrogen) atoms. The van der Waals surface area contributed by atoms with Gasteiger partial charge in [0, 0.05) is 17.4 Å². The number of hydrogen-bond donors (Lipinski definition) is 2. The zero-order valence-electron chi connectivity index (χ0n) is 16.0. The van der Waals surface area contributed by atoms with E-state index in [-0.39, 0.29) is 11.7 Å². The molecule has 0 aliphatic rings. The minimum Gasteiger partial charge on any atom is -0.494 e. The van der Waals surface area contributed by atoms with E-state index in [1.807, 2.05) is 38.1 Å². The number of nitrogens with one attached hydrogen (secondary N) is 1. The van der Waals surface area contributed by atoms with Crippen LogP contribution in [0.5, 0.6) is 5.75 Å². The standard InChI is InChI=1S/C21H29N3O2/c1-4-5-6-7-8-12-26-18-11-9-10-17(14-18)24-21(25)19-13-15(2)16(3)23-20(19)22/h9-11,13-14H,4-8,12H2,1-3H3,(H2,22,23)(H,24,25). The highest BCUT2D eigenvalue weighted by Crippen LogP contribution is 2.20. The lowest BCUT2D eigenvalue weighted by molar-refractivity contribution is 0.102. The van der Waals surface area contributed by atoms with Gasteiger partial charge in [0.1, 0.15) is 11.6 Å². The van der Waals surface area contributed by atoms with E-state index in [9.17, 15) is 4.79 Å². The number of pyridine rings is 1. The molecule has 1 heterocycles. The molecule has 0 saturated carbocycles. The summed E-state index contributed by atoms with van der Waals surface area (Å²) in [4.78, 5) is 16.7. The van der Waals surface area contributed by atoms with Crippen LogP contribution in [0, 0.1) is 13.8 Å². The fourth-order valence-corrected chi connectivity index (χ4v) is 2.66. The van der Waals surface area contributed by atoms with Crippen molar-refractivity contribution in [2.24, 2.45) is 0 Å². The molecular weight excluding hydrogens is 326 g/mol. The van der Waals surface area contributed by atoms with Crippen molar-refractivity contribution in [2.75, 3.05) is 17.7 Å². The molecule has 3 N–H and O–H groups in total. The summed E-state index contributed by atoms with van der Waals surface area (Å²) in [6.07, 6.45) is 5.99. The van der Waals surface area contributed by atoms with Crippen molar-refractivity contribution in [2.45, 2.75) is 52.9 Å². The van der Waals surface area contributed by atoms with Crippen LogP contribution in [-0.2, 0) is 0 Å². The van der Waals surface area contributed by atoms with Crippen LogP contribution in [0.25, 0.3) is 0 Å². The number of benzene rings is 1. The van der Waals surface area contributed by atoms with Gasteiger partial charge in [-0.1, -0.05) is 38.7 Å². The number of anilines is 2. The zero-order chi connectivity index (χ0) is 18.9. The number of rotatable bonds is 9. The Morgan fingerprint density at radius 3 is 2.69 bits per heavy atom. The van der Waals surface area contributed by atoms with E-state index < -0.39 is 0 Å². The minimum atomic E-state index is -0.269. The predicted octanol–water partition coefficient (Wildman–Crippen LogP) is 4.88. The lowest BCUT2D eigenvalue weighted by Crippen LogP contribution is -2.16. The monoisotopic (exact) mass is 355 g/mol. The third kappa shape index (κ3) is 5.76. The van der Waals surface area contributed by atoms with Gasteiger partial charge < -0.3 is 15.8 Å². The molecule has 140 valence electrons. The van der Waals surface area contributed by atoms with Gasteiger partial charge in [0.2, 0.25) is 0 Å². The Hall–Kier alpha value is -2.56. The van der Waals surface area contributed by atoms with E-state index in [4.69, 9.17) is 10.5 Å². The molecular formula is C21H29N3O2. The zero-order valence-corrected chi connectivity index (χ0v) is 16.0. The van der Waals surface area contributed by atoms with Gasteiger partial charge in [0.05, 0.1) is 12.2 Å². The van der Waals surface area contributed by atoms with E-state index >= 15 is 0 Å². The molecule has 0 aliphatic carbocycles. The third-order valence-electron chi connectivity index (χ3n) is 4.35. The topological polar surface area (TPSA) is 77.2 Å². The summed E-state index contributed by atoms with van der Waals surface area (Å²) in [5, 5.41) is 2.87. The number of aromatic nitrogens is 1. The second-order valence-electron chi connectivity index (χ2n) is 6.57. The highest BCUT2D eigenvalue weighted by molar-refractivity contribution is 6.07. The molecule has 0 unspecified atom stereocenters. The van der Waals surface area contributed by atoms with Crippen LogP contribution < -0.4 is 15.8 Å². The van der Waals surface area contributed by atoms with Crippen LogP contribution in [-0.4, -0.2) is 17.5 Å². The van der Waals surface area contributed by atoms with Crippen molar-refractivity contribution in [3.05, 3.63) is 47.2 Å². The molecule has 5 nitrogen and oxygen atoms in total. The first-order valence-electron chi connectivity index (χ1n) is 9.29. The van der Waals surface area contributed by atoms with Gasteiger partial charge in [-0.2, -0.15) is 0 Å². The second-order valence-corrected chi connectivity index (χ2v) is 6.57. The quantitative estimate of drug-likeness (QED) is 0.628. The van der Waals surface area contributed by atoms with Gasteiger partial charge in [0.15, 0.2) is 0 Å². The van der Waals surface area contributed by atoms with Crippen LogP contribution in [0.2, 0.25) is 0 Å². The van der Waals surface area contributed by atoms with Gasteiger partial charge >= 0.3 is 0 Å².